The smallest absolute Gasteiger partial charge is 0.170 e. The summed E-state index contributed by atoms with van der Waals surface area (Å²) < 4.78 is 5.51. The molecule has 1 saturated heterocycles. The van der Waals surface area contributed by atoms with E-state index < -0.39 is 0 Å². The van der Waals surface area contributed by atoms with Crippen molar-refractivity contribution in [3.8, 4) is 0 Å². The number of nitrogens with two attached hydrogens (primary N) is 1. The van der Waals surface area contributed by atoms with Gasteiger partial charge in [-0.15, -0.1) is 0 Å². The van der Waals surface area contributed by atoms with E-state index in [0.29, 0.717) is 6.04 Å². The van der Waals surface area contributed by atoms with E-state index in [1.165, 1.54) is 5.56 Å². The van der Waals surface area contributed by atoms with Crippen molar-refractivity contribution < 1.29 is 9.94 Å². The summed E-state index contributed by atoms with van der Waals surface area (Å²) in [5, 5.41) is 11.8. The minimum atomic E-state index is 0.149. The number of nitrogens with zero attached hydrogens (tertiary/aromatic N) is 2. The first kappa shape index (κ1) is 13.8. The summed E-state index contributed by atoms with van der Waals surface area (Å²) in [6.07, 6.45) is 1.08. The standard InChI is InChI=1S/C14H21N3O2/c1-2-13-10-19-7-6-17(13)9-11-4-3-5-12(8-11)14(15)16-18/h3-5,8,13,18H,2,6-7,9-10H2,1H3,(H2,15,16). The maximum Gasteiger partial charge on any atom is 0.170 e. The van der Waals surface area contributed by atoms with Gasteiger partial charge in [-0.1, -0.05) is 30.3 Å². The normalized spacial score (nSPS) is 21.5. The lowest BCUT2D eigenvalue weighted by Gasteiger charge is -2.35. The molecule has 5 nitrogen and oxygen atoms in total. The maximum atomic E-state index is 8.72. The van der Waals surface area contributed by atoms with Crippen LogP contribution in [0.2, 0.25) is 0 Å². The molecular formula is C14H21N3O2. The molecule has 0 aromatic heterocycles. The zero-order chi connectivity index (χ0) is 13.7. The third-order valence-electron chi connectivity index (χ3n) is 3.54. The van der Waals surface area contributed by atoms with Gasteiger partial charge in [0.25, 0.3) is 0 Å². The Morgan fingerprint density at radius 3 is 3.16 bits per heavy atom. The maximum absolute atomic E-state index is 8.72. The molecule has 1 unspecified atom stereocenters. The molecule has 1 aromatic carbocycles. The summed E-state index contributed by atoms with van der Waals surface area (Å²) in [6, 6.07) is 8.29. The van der Waals surface area contributed by atoms with Gasteiger partial charge in [0.2, 0.25) is 0 Å². The molecule has 5 heteroatoms. The Hall–Kier alpha value is -1.59. The minimum Gasteiger partial charge on any atom is -0.409 e. The van der Waals surface area contributed by atoms with E-state index in [1.54, 1.807) is 0 Å². The molecule has 1 heterocycles. The number of hydrogen-bond donors (Lipinski definition) is 2. The van der Waals surface area contributed by atoms with Crippen molar-refractivity contribution in [2.24, 2.45) is 10.9 Å². The number of ether oxygens (including phenoxy) is 1. The largest absolute Gasteiger partial charge is 0.409 e. The van der Waals surface area contributed by atoms with Gasteiger partial charge in [-0.3, -0.25) is 4.90 Å². The van der Waals surface area contributed by atoms with Crippen molar-refractivity contribution in [1.29, 1.82) is 0 Å². The zero-order valence-electron chi connectivity index (χ0n) is 11.2. The summed E-state index contributed by atoms with van der Waals surface area (Å²) in [5.74, 6) is 0.149. The van der Waals surface area contributed by atoms with Crippen LogP contribution in [0.5, 0.6) is 0 Å². The highest BCUT2D eigenvalue weighted by Gasteiger charge is 2.21. The van der Waals surface area contributed by atoms with E-state index >= 15 is 0 Å². The molecule has 0 bridgehead atoms. The summed E-state index contributed by atoms with van der Waals surface area (Å²) in [6.45, 7) is 5.59. The lowest BCUT2D eigenvalue weighted by atomic mass is 10.1. The summed E-state index contributed by atoms with van der Waals surface area (Å²) >= 11 is 0. The molecule has 0 spiro atoms. The molecular weight excluding hydrogens is 242 g/mol. The van der Waals surface area contributed by atoms with E-state index in [1.807, 2.05) is 18.2 Å². The Morgan fingerprint density at radius 2 is 2.42 bits per heavy atom. The predicted molar refractivity (Wildman–Crippen MR) is 74.3 cm³/mol. The molecule has 1 atom stereocenters. The molecule has 1 aromatic rings. The van der Waals surface area contributed by atoms with Crippen molar-refractivity contribution >= 4 is 5.84 Å². The number of hydrogen-bond acceptors (Lipinski definition) is 4. The average Bonchev–Trinajstić information content (AvgIpc) is 2.47. The lowest BCUT2D eigenvalue weighted by molar-refractivity contribution is -0.0127. The first-order valence-electron chi connectivity index (χ1n) is 6.63. The van der Waals surface area contributed by atoms with E-state index in [0.717, 1.165) is 38.3 Å². The first-order valence-corrected chi connectivity index (χ1v) is 6.63. The van der Waals surface area contributed by atoms with Gasteiger partial charge in [0.15, 0.2) is 5.84 Å². The fraction of sp³-hybridized carbons (Fsp3) is 0.500. The van der Waals surface area contributed by atoms with Crippen LogP contribution in [0.1, 0.15) is 24.5 Å². The van der Waals surface area contributed by atoms with Crippen molar-refractivity contribution in [3.05, 3.63) is 35.4 Å². The fourth-order valence-electron chi connectivity index (χ4n) is 2.39. The van der Waals surface area contributed by atoms with Gasteiger partial charge in [0.05, 0.1) is 13.2 Å². The SMILES string of the molecule is CCC1COCCN1Cc1cccc(/C(N)=N/O)c1. The number of morpholine rings is 1. The summed E-state index contributed by atoms with van der Waals surface area (Å²) in [4.78, 5) is 2.43. The highest BCUT2D eigenvalue weighted by molar-refractivity contribution is 5.97. The average molecular weight is 263 g/mol. The van der Waals surface area contributed by atoms with E-state index in [2.05, 4.69) is 23.0 Å². The van der Waals surface area contributed by atoms with Gasteiger partial charge in [-0.05, 0) is 18.1 Å². The second kappa shape index (κ2) is 6.54. The number of benzene rings is 1. The van der Waals surface area contributed by atoms with Crippen molar-refractivity contribution in [3.63, 3.8) is 0 Å². The fourth-order valence-corrected chi connectivity index (χ4v) is 2.39. The van der Waals surface area contributed by atoms with Crippen molar-refractivity contribution in [2.45, 2.75) is 25.9 Å². The van der Waals surface area contributed by atoms with Gasteiger partial charge in [-0.2, -0.15) is 0 Å². The zero-order valence-corrected chi connectivity index (χ0v) is 11.2. The Balaban J connectivity index is 2.09. The molecule has 0 aliphatic carbocycles. The van der Waals surface area contributed by atoms with Crippen LogP contribution in [-0.4, -0.2) is 41.7 Å². The van der Waals surface area contributed by atoms with E-state index in [-0.39, 0.29) is 5.84 Å². The molecule has 1 aliphatic rings. The van der Waals surface area contributed by atoms with Crippen LogP contribution in [0.3, 0.4) is 0 Å². The second-order valence-electron chi connectivity index (χ2n) is 4.79. The molecule has 0 radical (unpaired) electrons. The molecule has 104 valence electrons. The van der Waals surface area contributed by atoms with Crippen molar-refractivity contribution in [1.82, 2.24) is 4.90 Å². The topological polar surface area (TPSA) is 71.1 Å². The molecule has 2 rings (SSSR count). The van der Waals surface area contributed by atoms with Gasteiger partial charge in [-0.25, -0.2) is 0 Å². The first-order chi connectivity index (χ1) is 9.24. The van der Waals surface area contributed by atoms with Crippen LogP contribution >= 0.6 is 0 Å². The molecule has 0 amide bonds. The number of amidine groups is 1. The molecule has 0 saturated carbocycles. The third kappa shape index (κ3) is 3.45. The molecule has 1 aliphatic heterocycles. The van der Waals surface area contributed by atoms with Crippen LogP contribution < -0.4 is 5.73 Å². The van der Waals surface area contributed by atoms with Gasteiger partial charge >= 0.3 is 0 Å². The Morgan fingerprint density at radius 1 is 1.58 bits per heavy atom. The Kier molecular flexibility index (Phi) is 4.76. The highest BCUT2D eigenvalue weighted by atomic mass is 16.5. The number of oxime groups is 1. The van der Waals surface area contributed by atoms with Crippen LogP contribution in [0.25, 0.3) is 0 Å². The van der Waals surface area contributed by atoms with Gasteiger partial charge < -0.3 is 15.7 Å². The Bertz CT molecular complexity index is 448. The quantitative estimate of drug-likeness (QED) is 0.373. The van der Waals surface area contributed by atoms with E-state index in [4.69, 9.17) is 15.7 Å². The Labute approximate surface area is 113 Å². The summed E-state index contributed by atoms with van der Waals surface area (Å²) in [5.41, 5.74) is 7.54. The second-order valence-corrected chi connectivity index (χ2v) is 4.79. The van der Waals surface area contributed by atoms with Crippen LogP contribution in [0.4, 0.5) is 0 Å². The third-order valence-corrected chi connectivity index (χ3v) is 3.54. The monoisotopic (exact) mass is 263 g/mol. The van der Waals surface area contributed by atoms with Crippen LogP contribution in [0, 0.1) is 0 Å². The van der Waals surface area contributed by atoms with Crippen LogP contribution in [-0.2, 0) is 11.3 Å². The molecule has 3 N–H and O–H groups in total. The van der Waals surface area contributed by atoms with Crippen molar-refractivity contribution in [2.75, 3.05) is 19.8 Å². The van der Waals surface area contributed by atoms with Gasteiger partial charge in [0.1, 0.15) is 0 Å². The highest BCUT2D eigenvalue weighted by Crippen LogP contribution is 2.15. The van der Waals surface area contributed by atoms with Gasteiger partial charge in [0, 0.05) is 24.7 Å². The predicted octanol–water partition coefficient (Wildman–Crippen LogP) is 1.39. The molecule has 19 heavy (non-hydrogen) atoms. The summed E-state index contributed by atoms with van der Waals surface area (Å²) in [7, 11) is 0. The molecule has 1 fully saturated rings. The minimum absolute atomic E-state index is 0.149. The number of rotatable bonds is 4. The van der Waals surface area contributed by atoms with Crippen LogP contribution in [0.15, 0.2) is 29.4 Å². The van der Waals surface area contributed by atoms with E-state index in [9.17, 15) is 0 Å². The lowest BCUT2D eigenvalue weighted by Crippen LogP contribution is -2.44.